The van der Waals surface area contributed by atoms with Crippen LogP contribution in [0.2, 0.25) is 0 Å². The van der Waals surface area contributed by atoms with Gasteiger partial charge in [0.05, 0.1) is 0 Å². The molecule has 0 rings (SSSR count). The van der Waals surface area contributed by atoms with E-state index >= 15 is 0 Å². The molecule has 1 atom stereocenters. The number of allylic oxidation sites excluding steroid dienone is 14. The molecule has 0 aliphatic rings. The van der Waals surface area contributed by atoms with Crippen molar-refractivity contribution in [3.63, 3.8) is 0 Å². The molecule has 0 radical (unpaired) electrons. The van der Waals surface area contributed by atoms with E-state index in [9.17, 15) is 14.4 Å². The van der Waals surface area contributed by atoms with Crippen molar-refractivity contribution in [3.8, 4) is 0 Å². The normalized spacial score (nSPS) is 12.6. The number of unbranched alkanes of at least 4 members (excludes halogenated alkanes) is 36. The molecule has 6 heteroatoms. The van der Waals surface area contributed by atoms with Gasteiger partial charge in [0.1, 0.15) is 13.2 Å². The Kier molecular flexibility index (Phi) is 63.2. The van der Waals surface area contributed by atoms with Gasteiger partial charge in [-0.3, -0.25) is 14.4 Å². The Balaban J connectivity index is 4.02. The summed E-state index contributed by atoms with van der Waals surface area (Å²) in [5.41, 5.74) is 0. The van der Waals surface area contributed by atoms with Gasteiger partial charge in [-0.1, -0.05) is 305 Å². The third-order valence-electron chi connectivity index (χ3n) is 14.6. The molecule has 0 fully saturated rings. The summed E-state index contributed by atoms with van der Waals surface area (Å²) in [5.74, 6) is -0.872. The van der Waals surface area contributed by atoms with Gasteiger partial charge in [0.25, 0.3) is 0 Å². The zero-order chi connectivity index (χ0) is 56.4. The third-order valence-corrected chi connectivity index (χ3v) is 14.6. The lowest BCUT2D eigenvalue weighted by molar-refractivity contribution is -0.167. The third kappa shape index (κ3) is 63.4. The SMILES string of the molecule is CC/C=C\C/C=C\C/C=C\C/C=C\C/C=C\C/C=C\CCCCCCCCCCCCCCCCC(=O)OCC(COC(=O)CCCCCCCC)OC(=O)CCCCCCCCCCC/C=C\CCCCCCCCCC. The summed E-state index contributed by atoms with van der Waals surface area (Å²) in [6.07, 6.45) is 87.8. The second-order valence-corrected chi connectivity index (χ2v) is 22.4. The Morgan fingerprint density at radius 2 is 0.500 bits per heavy atom. The molecule has 0 aromatic carbocycles. The lowest BCUT2D eigenvalue weighted by Gasteiger charge is -2.18. The van der Waals surface area contributed by atoms with Crippen molar-refractivity contribution in [2.75, 3.05) is 13.2 Å². The fourth-order valence-corrected chi connectivity index (χ4v) is 9.62. The summed E-state index contributed by atoms with van der Waals surface area (Å²) in [4.78, 5) is 38.0. The Bertz CT molecular complexity index is 1480. The van der Waals surface area contributed by atoms with Crippen LogP contribution in [0.25, 0.3) is 0 Å². The van der Waals surface area contributed by atoms with Crippen LogP contribution < -0.4 is 0 Å². The standard InChI is InChI=1S/C72H126O6/c1-4-7-10-13-16-18-20-22-24-26-28-30-31-32-33-34-35-36-37-38-39-40-41-43-44-46-48-50-52-54-56-59-62-65-71(74)77-68-69(67-76-70(73)64-61-58-15-12-9-6-3)78-72(75)66-63-60-57-55-53-51-49-47-45-42-29-27-25-23-21-19-17-14-11-8-5-2/h7,10,16,18,22,24,27-30,32-33,35-36,69H,4-6,8-9,11-15,17,19-21,23,25-26,31,34,37-68H2,1-3H3/b10-7-,18-16-,24-22-,29-27-,30-28-,33-32-,36-35-. The summed E-state index contributed by atoms with van der Waals surface area (Å²) in [6, 6.07) is 0. The number of carbonyl (C=O) groups excluding carboxylic acids is 3. The fourth-order valence-electron chi connectivity index (χ4n) is 9.62. The molecule has 0 aliphatic carbocycles. The largest absolute Gasteiger partial charge is 0.462 e. The predicted octanol–water partition coefficient (Wildman–Crippen LogP) is 23.1. The molecule has 0 N–H and O–H groups in total. The van der Waals surface area contributed by atoms with E-state index in [4.69, 9.17) is 14.2 Å². The molecule has 1 unspecified atom stereocenters. The second-order valence-electron chi connectivity index (χ2n) is 22.4. The van der Waals surface area contributed by atoms with Crippen LogP contribution in [0.5, 0.6) is 0 Å². The van der Waals surface area contributed by atoms with Crippen LogP contribution in [0.15, 0.2) is 85.1 Å². The summed E-state index contributed by atoms with van der Waals surface area (Å²) < 4.78 is 16.8. The van der Waals surface area contributed by atoms with Crippen molar-refractivity contribution in [2.24, 2.45) is 0 Å². The minimum atomic E-state index is -0.773. The highest BCUT2D eigenvalue weighted by Gasteiger charge is 2.19. The molecule has 0 aromatic heterocycles. The molecule has 6 nitrogen and oxygen atoms in total. The molecular formula is C72H126O6. The van der Waals surface area contributed by atoms with Crippen LogP contribution in [-0.2, 0) is 28.6 Å². The predicted molar refractivity (Wildman–Crippen MR) is 339 cm³/mol. The monoisotopic (exact) mass is 1090 g/mol. The lowest BCUT2D eigenvalue weighted by Crippen LogP contribution is -2.30. The van der Waals surface area contributed by atoms with Crippen LogP contribution in [0.3, 0.4) is 0 Å². The van der Waals surface area contributed by atoms with Gasteiger partial charge in [-0.2, -0.15) is 0 Å². The lowest BCUT2D eigenvalue weighted by atomic mass is 10.0. The van der Waals surface area contributed by atoms with Gasteiger partial charge in [-0.05, 0) is 96.3 Å². The molecule has 0 saturated heterocycles. The number of hydrogen-bond donors (Lipinski definition) is 0. The molecule has 0 aromatic rings. The molecule has 450 valence electrons. The maximum absolute atomic E-state index is 12.9. The zero-order valence-electron chi connectivity index (χ0n) is 51.7. The fraction of sp³-hybridized carbons (Fsp3) is 0.764. The molecule has 0 aliphatic heterocycles. The smallest absolute Gasteiger partial charge is 0.306 e. The average Bonchev–Trinajstić information content (AvgIpc) is 3.44. The summed E-state index contributed by atoms with van der Waals surface area (Å²) >= 11 is 0. The van der Waals surface area contributed by atoms with Gasteiger partial charge >= 0.3 is 17.9 Å². The van der Waals surface area contributed by atoms with Crippen molar-refractivity contribution in [1.29, 1.82) is 0 Å². The van der Waals surface area contributed by atoms with Gasteiger partial charge in [0.2, 0.25) is 0 Å². The molecule has 0 amide bonds. The molecule has 0 saturated carbocycles. The first-order chi connectivity index (χ1) is 38.5. The highest BCUT2D eigenvalue weighted by atomic mass is 16.6. The molecule has 0 heterocycles. The van der Waals surface area contributed by atoms with Crippen molar-refractivity contribution in [1.82, 2.24) is 0 Å². The van der Waals surface area contributed by atoms with E-state index in [0.717, 1.165) is 96.3 Å². The minimum Gasteiger partial charge on any atom is -0.462 e. The number of esters is 3. The van der Waals surface area contributed by atoms with E-state index in [0.29, 0.717) is 19.3 Å². The van der Waals surface area contributed by atoms with E-state index in [2.05, 4.69) is 106 Å². The second kappa shape index (κ2) is 66.1. The Morgan fingerprint density at radius 3 is 0.795 bits per heavy atom. The topological polar surface area (TPSA) is 78.9 Å². The van der Waals surface area contributed by atoms with Crippen LogP contribution >= 0.6 is 0 Å². The average molecular weight is 1090 g/mol. The number of hydrogen-bond acceptors (Lipinski definition) is 6. The van der Waals surface area contributed by atoms with Gasteiger partial charge in [0, 0.05) is 19.3 Å². The Morgan fingerprint density at radius 1 is 0.269 bits per heavy atom. The number of rotatable bonds is 61. The van der Waals surface area contributed by atoms with Gasteiger partial charge in [-0.25, -0.2) is 0 Å². The highest BCUT2D eigenvalue weighted by molar-refractivity contribution is 5.71. The van der Waals surface area contributed by atoms with Crippen molar-refractivity contribution in [3.05, 3.63) is 85.1 Å². The summed E-state index contributed by atoms with van der Waals surface area (Å²) in [7, 11) is 0. The van der Waals surface area contributed by atoms with E-state index in [1.54, 1.807) is 0 Å². The summed E-state index contributed by atoms with van der Waals surface area (Å²) in [5, 5.41) is 0. The zero-order valence-corrected chi connectivity index (χ0v) is 51.7. The maximum Gasteiger partial charge on any atom is 0.306 e. The highest BCUT2D eigenvalue weighted by Crippen LogP contribution is 2.17. The Hall–Kier alpha value is -3.41. The van der Waals surface area contributed by atoms with Crippen molar-refractivity contribution in [2.45, 2.75) is 341 Å². The Labute approximate surface area is 484 Å². The van der Waals surface area contributed by atoms with Crippen molar-refractivity contribution < 1.29 is 28.6 Å². The summed E-state index contributed by atoms with van der Waals surface area (Å²) in [6.45, 7) is 6.50. The molecular weight excluding hydrogens is 961 g/mol. The molecule has 78 heavy (non-hydrogen) atoms. The van der Waals surface area contributed by atoms with Gasteiger partial charge in [-0.15, -0.1) is 0 Å². The van der Waals surface area contributed by atoms with Crippen LogP contribution in [0.4, 0.5) is 0 Å². The van der Waals surface area contributed by atoms with Crippen LogP contribution in [-0.4, -0.2) is 37.2 Å². The first-order valence-corrected chi connectivity index (χ1v) is 33.6. The van der Waals surface area contributed by atoms with E-state index in [1.165, 1.54) is 199 Å². The van der Waals surface area contributed by atoms with Crippen molar-refractivity contribution >= 4 is 17.9 Å². The van der Waals surface area contributed by atoms with E-state index in [1.807, 2.05) is 0 Å². The minimum absolute atomic E-state index is 0.0738. The van der Waals surface area contributed by atoms with E-state index < -0.39 is 6.10 Å². The van der Waals surface area contributed by atoms with E-state index in [-0.39, 0.29) is 31.1 Å². The van der Waals surface area contributed by atoms with Gasteiger partial charge in [0.15, 0.2) is 6.10 Å². The number of carbonyl (C=O) groups is 3. The quantitative estimate of drug-likeness (QED) is 0.0261. The molecule has 0 bridgehead atoms. The van der Waals surface area contributed by atoms with Gasteiger partial charge < -0.3 is 14.2 Å². The molecule has 0 spiro atoms. The maximum atomic E-state index is 12.9. The number of ether oxygens (including phenoxy) is 3. The first kappa shape index (κ1) is 74.6. The van der Waals surface area contributed by atoms with Crippen LogP contribution in [0.1, 0.15) is 335 Å². The first-order valence-electron chi connectivity index (χ1n) is 33.6. The van der Waals surface area contributed by atoms with Crippen LogP contribution in [0, 0.1) is 0 Å².